The van der Waals surface area contributed by atoms with Crippen LogP contribution in [0.4, 0.5) is 0 Å². The number of aryl methyl sites for hydroxylation is 3. The molecule has 0 spiro atoms. The molecular weight excluding hydrogens is 442 g/mol. The van der Waals surface area contributed by atoms with Crippen molar-refractivity contribution >= 4 is 16.8 Å². The number of para-hydroxylation sites is 1. The monoisotopic (exact) mass is 473 g/mol. The zero-order valence-electron chi connectivity index (χ0n) is 20.9. The van der Waals surface area contributed by atoms with Gasteiger partial charge in [-0.1, -0.05) is 24.3 Å². The number of carbonyl (C=O) groups is 1. The highest BCUT2D eigenvalue weighted by molar-refractivity contribution is 6.03. The minimum Gasteiger partial charge on any atom is -0.456 e. The molecule has 0 fully saturated rings. The number of hydrogen-bond acceptors (Lipinski definition) is 4. The Morgan fingerprint density at radius 1 is 1.11 bits per heavy atom. The number of rotatable bonds is 6. The molecule has 35 heavy (non-hydrogen) atoms. The third kappa shape index (κ3) is 4.59. The zero-order valence-corrected chi connectivity index (χ0v) is 20.9. The van der Waals surface area contributed by atoms with E-state index in [4.69, 9.17) is 4.74 Å². The molecule has 3 N–H and O–H groups in total. The van der Waals surface area contributed by atoms with E-state index in [0.29, 0.717) is 45.6 Å². The number of aromatic nitrogens is 2. The minimum atomic E-state index is -1.09. The number of nitrogens with zero attached hydrogens (tertiary/aromatic N) is 1. The number of H-pyrrole nitrogens is 1. The summed E-state index contributed by atoms with van der Waals surface area (Å²) in [7, 11) is 1.67. The van der Waals surface area contributed by atoms with Crippen LogP contribution in [-0.4, -0.2) is 27.1 Å². The van der Waals surface area contributed by atoms with Gasteiger partial charge in [0.15, 0.2) is 0 Å². The molecule has 4 rings (SSSR count). The lowest BCUT2D eigenvalue weighted by Gasteiger charge is -2.22. The maximum atomic E-state index is 12.9. The standard InChI is InChI=1S/C28H31N3O4/c1-7-29-26(32)22-14-20-21(15-31(6)27(33)24(20)30-22)19-13-18(28(4,5)34)11-12-23(19)35-25-16(2)9-8-10-17(25)3/h8-15,30,34H,7H2,1-6H3,(H,29,32). The summed E-state index contributed by atoms with van der Waals surface area (Å²) in [6.45, 7) is 9.73. The first-order valence-corrected chi connectivity index (χ1v) is 11.6. The van der Waals surface area contributed by atoms with Gasteiger partial charge in [-0.05, 0) is 69.5 Å². The molecule has 0 radical (unpaired) electrons. The van der Waals surface area contributed by atoms with Gasteiger partial charge in [0.2, 0.25) is 0 Å². The second-order valence-electron chi connectivity index (χ2n) is 9.38. The molecule has 182 valence electrons. The van der Waals surface area contributed by atoms with Crippen LogP contribution in [-0.2, 0) is 12.6 Å². The average Bonchev–Trinajstić information content (AvgIpc) is 3.24. The zero-order chi connectivity index (χ0) is 25.5. The first kappa shape index (κ1) is 24.3. The Kier molecular flexibility index (Phi) is 6.30. The molecule has 0 aliphatic heterocycles. The summed E-state index contributed by atoms with van der Waals surface area (Å²) in [5.41, 5.74) is 3.41. The van der Waals surface area contributed by atoms with Crippen LogP contribution in [0.1, 0.15) is 48.0 Å². The Morgan fingerprint density at radius 2 is 1.80 bits per heavy atom. The van der Waals surface area contributed by atoms with Gasteiger partial charge in [-0.15, -0.1) is 0 Å². The van der Waals surface area contributed by atoms with E-state index in [0.717, 1.165) is 16.9 Å². The summed E-state index contributed by atoms with van der Waals surface area (Å²) in [6, 6.07) is 13.2. The van der Waals surface area contributed by atoms with Crippen molar-refractivity contribution < 1.29 is 14.6 Å². The van der Waals surface area contributed by atoms with Crippen LogP contribution in [0.2, 0.25) is 0 Å². The summed E-state index contributed by atoms with van der Waals surface area (Å²) in [5, 5.41) is 14.1. The van der Waals surface area contributed by atoms with E-state index in [1.54, 1.807) is 33.2 Å². The number of aromatic amines is 1. The molecule has 0 saturated carbocycles. The molecule has 4 aromatic rings. The fourth-order valence-electron chi connectivity index (χ4n) is 4.21. The largest absolute Gasteiger partial charge is 0.456 e. The van der Waals surface area contributed by atoms with E-state index in [2.05, 4.69) is 10.3 Å². The number of hydrogen-bond donors (Lipinski definition) is 3. The fraction of sp³-hybridized carbons (Fsp3) is 0.286. The van der Waals surface area contributed by atoms with Gasteiger partial charge in [0.05, 0.1) is 5.60 Å². The Hall–Kier alpha value is -3.84. The summed E-state index contributed by atoms with van der Waals surface area (Å²) in [6.07, 6.45) is 1.74. The van der Waals surface area contributed by atoms with Crippen LogP contribution in [0.15, 0.2) is 53.5 Å². The van der Waals surface area contributed by atoms with Crippen molar-refractivity contribution in [3.05, 3.63) is 81.4 Å². The van der Waals surface area contributed by atoms with Gasteiger partial charge in [-0.2, -0.15) is 0 Å². The SMILES string of the molecule is CCNC(=O)c1cc2c(-c3cc(C(C)(C)O)ccc3Oc3c(C)cccc3C)cn(C)c(=O)c2[nH]1. The molecule has 0 atom stereocenters. The van der Waals surface area contributed by atoms with Crippen LogP contribution in [0.5, 0.6) is 11.5 Å². The van der Waals surface area contributed by atoms with Gasteiger partial charge in [-0.25, -0.2) is 0 Å². The minimum absolute atomic E-state index is 0.241. The summed E-state index contributed by atoms with van der Waals surface area (Å²) in [4.78, 5) is 28.4. The van der Waals surface area contributed by atoms with Gasteiger partial charge in [0.25, 0.3) is 11.5 Å². The topological polar surface area (TPSA) is 96.3 Å². The van der Waals surface area contributed by atoms with E-state index in [9.17, 15) is 14.7 Å². The highest BCUT2D eigenvalue weighted by atomic mass is 16.5. The number of aliphatic hydroxyl groups is 1. The third-order valence-electron chi connectivity index (χ3n) is 6.14. The van der Waals surface area contributed by atoms with E-state index in [-0.39, 0.29) is 11.5 Å². The molecule has 2 aromatic heterocycles. The maximum absolute atomic E-state index is 12.9. The Labute approximate surface area is 204 Å². The summed E-state index contributed by atoms with van der Waals surface area (Å²) < 4.78 is 7.93. The molecular formula is C28H31N3O4. The number of ether oxygens (including phenoxy) is 1. The molecule has 7 heteroatoms. The van der Waals surface area contributed by atoms with Crippen molar-refractivity contribution in [1.29, 1.82) is 0 Å². The molecule has 0 aliphatic carbocycles. The Bertz CT molecular complexity index is 1470. The molecule has 0 unspecified atom stereocenters. The van der Waals surface area contributed by atoms with Crippen molar-refractivity contribution in [3.8, 4) is 22.6 Å². The van der Waals surface area contributed by atoms with E-state index in [1.165, 1.54) is 4.57 Å². The smallest absolute Gasteiger partial charge is 0.274 e. The maximum Gasteiger partial charge on any atom is 0.274 e. The van der Waals surface area contributed by atoms with Crippen LogP contribution in [0.25, 0.3) is 22.0 Å². The fourth-order valence-corrected chi connectivity index (χ4v) is 4.21. The molecule has 0 bridgehead atoms. The van der Waals surface area contributed by atoms with Crippen molar-refractivity contribution in [2.45, 2.75) is 40.2 Å². The van der Waals surface area contributed by atoms with Gasteiger partial charge in [0.1, 0.15) is 22.7 Å². The predicted molar refractivity (Wildman–Crippen MR) is 138 cm³/mol. The van der Waals surface area contributed by atoms with Crippen molar-refractivity contribution in [2.24, 2.45) is 7.05 Å². The average molecular weight is 474 g/mol. The van der Waals surface area contributed by atoms with Crippen molar-refractivity contribution in [2.75, 3.05) is 6.54 Å². The lowest BCUT2D eigenvalue weighted by atomic mass is 9.93. The molecule has 0 aliphatic rings. The highest BCUT2D eigenvalue weighted by Crippen LogP contribution is 2.40. The summed E-state index contributed by atoms with van der Waals surface area (Å²) >= 11 is 0. The molecule has 2 aromatic carbocycles. The van der Waals surface area contributed by atoms with E-state index in [1.807, 2.05) is 57.2 Å². The third-order valence-corrected chi connectivity index (χ3v) is 6.14. The second-order valence-corrected chi connectivity index (χ2v) is 9.38. The van der Waals surface area contributed by atoms with Gasteiger partial charge >= 0.3 is 0 Å². The predicted octanol–water partition coefficient (Wildman–Crippen LogP) is 4.92. The number of fused-ring (bicyclic) bond motifs is 1. The number of amides is 1. The number of carbonyl (C=O) groups excluding carboxylic acids is 1. The van der Waals surface area contributed by atoms with Gasteiger partial charge in [-0.3, -0.25) is 9.59 Å². The van der Waals surface area contributed by atoms with Crippen molar-refractivity contribution in [1.82, 2.24) is 14.9 Å². The van der Waals surface area contributed by atoms with Crippen molar-refractivity contribution in [3.63, 3.8) is 0 Å². The number of nitrogens with one attached hydrogen (secondary N) is 2. The quantitative estimate of drug-likeness (QED) is 0.370. The lowest BCUT2D eigenvalue weighted by Crippen LogP contribution is -2.23. The first-order valence-electron chi connectivity index (χ1n) is 11.6. The number of pyridine rings is 1. The van der Waals surface area contributed by atoms with Crippen LogP contribution < -0.4 is 15.6 Å². The normalized spacial score (nSPS) is 11.6. The second kappa shape index (κ2) is 9.07. The Balaban J connectivity index is 2.00. The lowest BCUT2D eigenvalue weighted by molar-refractivity contribution is 0.0786. The van der Waals surface area contributed by atoms with Crippen LogP contribution in [0.3, 0.4) is 0 Å². The molecule has 2 heterocycles. The van der Waals surface area contributed by atoms with Crippen LogP contribution >= 0.6 is 0 Å². The summed E-state index contributed by atoms with van der Waals surface area (Å²) in [5.74, 6) is 1.05. The van der Waals surface area contributed by atoms with Gasteiger partial charge in [0, 0.05) is 36.3 Å². The first-order chi connectivity index (χ1) is 16.5. The molecule has 0 saturated heterocycles. The number of benzene rings is 2. The van der Waals surface area contributed by atoms with Gasteiger partial charge < -0.3 is 24.7 Å². The Morgan fingerprint density at radius 3 is 2.43 bits per heavy atom. The molecule has 1 amide bonds. The van der Waals surface area contributed by atoms with E-state index >= 15 is 0 Å². The molecule has 7 nitrogen and oxygen atoms in total. The van der Waals surface area contributed by atoms with E-state index < -0.39 is 5.60 Å². The highest BCUT2D eigenvalue weighted by Gasteiger charge is 2.23. The van der Waals surface area contributed by atoms with Crippen LogP contribution in [0, 0.1) is 13.8 Å².